The molecule has 0 atom stereocenters. The number of pyridine rings is 3. The Morgan fingerprint density at radius 1 is 0.941 bits per heavy atom. The Bertz CT molecular complexity index is 1460. The van der Waals surface area contributed by atoms with Crippen molar-refractivity contribution in [1.82, 2.24) is 35.1 Å². The molecule has 6 rings (SSSR count). The average Bonchev–Trinajstić information content (AvgIpc) is 3.48. The van der Waals surface area contributed by atoms with Gasteiger partial charge in [-0.25, -0.2) is 9.97 Å². The summed E-state index contributed by atoms with van der Waals surface area (Å²) < 4.78 is 0. The predicted octanol–water partition coefficient (Wildman–Crippen LogP) is 4.77. The molecule has 0 bridgehead atoms. The van der Waals surface area contributed by atoms with Gasteiger partial charge in [0.25, 0.3) is 0 Å². The molecule has 9 heteroatoms. The molecular formula is C25H27N9. The molecular weight excluding hydrogens is 426 g/mol. The lowest BCUT2D eigenvalue weighted by atomic mass is 10.1. The minimum absolute atomic E-state index is 0.329. The molecule has 0 aromatic carbocycles. The van der Waals surface area contributed by atoms with Crippen LogP contribution in [-0.4, -0.2) is 54.2 Å². The van der Waals surface area contributed by atoms with Gasteiger partial charge in [-0.3, -0.25) is 15.1 Å². The molecule has 1 aliphatic heterocycles. The standard InChI is InChI=1S/C25H27N9/c1-15(2)29-18-8-16(10-26-12-18)17-9-19-22(32-33-24(19)28-11-17)25-30-20-13-27-14-21(23(20)31-25)34-6-4-3-5-7-34/h8-15,29H,3-7H2,1-2H3,(H,30,31)(H,28,32,33). The summed E-state index contributed by atoms with van der Waals surface area (Å²) in [5.41, 5.74) is 7.36. The van der Waals surface area contributed by atoms with Crippen LogP contribution in [0, 0.1) is 0 Å². The maximum Gasteiger partial charge on any atom is 0.181 e. The van der Waals surface area contributed by atoms with E-state index in [9.17, 15) is 0 Å². The van der Waals surface area contributed by atoms with Gasteiger partial charge < -0.3 is 15.2 Å². The summed E-state index contributed by atoms with van der Waals surface area (Å²) in [4.78, 5) is 24.2. The Morgan fingerprint density at radius 3 is 2.62 bits per heavy atom. The number of aromatic amines is 2. The molecule has 34 heavy (non-hydrogen) atoms. The van der Waals surface area contributed by atoms with Crippen LogP contribution in [0.3, 0.4) is 0 Å². The number of imidazole rings is 1. The van der Waals surface area contributed by atoms with Crippen molar-refractivity contribution in [3.63, 3.8) is 0 Å². The summed E-state index contributed by atoms with van der Waals surface area (Å²) in [6.45, 7) is 6.30. The van der Waals surface area contributed by atoms with E-state index in [1.54, 1.807) is 0 Å². The molecule has 1 fully saturated rings. The molecule has 172 valence electrons. The summed E-state index contributed by atoms with van der Waals surface area (Å²) in [6, 6.07) is 4.51. The Balaban J connectivity index is 1.41. The summed E-state index contributed by atoms with van der Waals surface area (Å²) in [6.07, 6.45) is 13.0. The van der Waals surface area contributed by atoms with Crippen LogP contribution in [-0.2, 0) is 0 Å². The number of aromatic nitrogens is 7. The van der Waals surface area contributed by atoms with Crippen molar-refractivity contribution < 1.29 is 0 Å². The van der Waals surface area contributed by atoms with Gasteiger partial charge in [-0.1, -0.05) is 0 Å². The van der Waals surface area contributed by atoms with E-state index in [1.807, 2.05) is 31.0 Å². The van der Waals surface area contributed by atoms with Crippen molar-refractivity contribution in [1.29, 1.82) is 0 Å². The first-order chi connectivity index (χ1) is 16.7. The monoisotopic (exact) mass is 453 g/mol. The van der Waals surface area contributed by atoms with E-state index in [-0.39, 0.29) is 0 Å². The predicted molar refractivity (Wildman–Crippen MR) is 135 cm³/mol. The van der Waals surface area contributed by atoms with Gasteiger partial charge in [0.15, 0.2) is 11.5 Å². The molecule has 0 saturated carbocycles. The van der Waals surface area contributed by atoms with Gasteiger partial charge in [-0.2, -0.15) is 5.10 Å². The molecule has 3 N–H and O–H groups in total. The Labute approximate surface area is 197 Å². The van der Waals surface area contributed by atoms with Crippen LogP contribution in [0.2, 0.25) is 0 Å². The van der Waals surface area contributed by atoms with Crippen molar-refractivity contribution in [2.45, 2.75) is 39.2 Å². The Morgan fingerprint density at radius 2 is 1.76 bits per heavy atom. The van der Waals surface area contributed by atoms with E-state index >= 15 is 0 Å². The number of anilines is 2. The van der Waals surface area contributed by atoms with Crippen molar-refractivity contribution in [3.05, 3.63) is 43.1 Å². The average molecular weight is 454 g/mol. The third-order valence-corrected chi connectivity index (χ3v) is 6.24. The molecule has 6 heterocycles. The lowest BCUT2D eigenvalue weighted by Gasteiger charge is -2.28. The number of nitrogens with zero attached hydrogens (tertiary/aromatic N) is 6. The molecule has 0 radical (unpaired) electrons. The second kappa shape index (κ2) is 8.40. The number of nitrogens with one attached hydrogen (secondary N) is 3. The highest BCUT2D eigenvalue weighted by molar-refractivity contribution is 5.95. The zero-order valence-corrected chi connectivity index (χ0v) is 19.3. The van der Waals surface area contributed by atoms with E-state index in [0.29, 0.717) is 11.7 Å². The fourth-order valence-electron chi connectivity index (χ4n) is 4.65. The number of fused-ring (bicyclic) bond motifs is 2. The van der Waals surface area contributed by atoms with Crippen LogP contribution >= 0.6 is 0 Å². The lowest BCUT2D eigenvalue weighted by Crippen LogP contribution is -2.29. The van der Waals surface area contributed by atoms with Crippen LogP contribution in [0.15, 0.2) is 43.1 Å². The normalized spacial score (nSPS) is 14.4. The number of hydrogen-bond acceptors (Lipinski definition) is 7. The maximum atomic E-state index is 4.97. The molecule has 5 aromatic heterocycles. The molecule has 0 aliphatic carbocycles. The van der Waals surface area contributed by atoms with Crippen LogP contribution < -0.4 is 10.2 Å². The van der Waals surface area contributed by atoms with Crippen molar-refractivity contribution >= 4 is 33.4 Å². The third-order valence-electron chi connectivity index (χ3n) is 6.24. The lowest BCUT2D eigenvalue weighted by molar-refractivity contribution is 0.578. The fraction of sp³-hybridized carbons (Fsp3) is 0.320. The zero-order chi connectivity index (χ0) is 23.1. The van der Waals surface area contributed by atoms with Crippen LogP contribution in [0.1, 0.15) is 33.1 Å². The van der Waals surface area contributed by atoms with E-state index in [2.05, 4.69) is 66.3 Å². The maximum absolute atomic E-state index is 4.97. The highest BCUT2D eigenvalue weighted by atomic mass is 15.2. The first-order valence-corrected chi connectivity index (χ1v) is 11.8. The number of rotatable bonds is 5. The highest BCUT2D eigenvalue weighted by Gasteiger charge is 2.19. The minimum atomic E-state index is 0.329. The molecule has 0 amide bonds. The smallest absolute Gasteiger partial charge is 0.181 e. The largest absolute Gasteiger partial charge is 0.382 e. The molecule has 0 unspecified atom stereocenters. The summed E-state index contributed by atoms with van der Waals surface area (Å²) in [7, 11) is 0. The van der Waals surface area contributed by atoms with Gasteiger partial charge in [0, 0.05) is 48.8 Å². The quantitative estimate of drug-likeness (QED) is 0.351. The summed E-state index contributed by atoms with van der Waals surface area (Å²) in [5, 5.41) is 11.9. The molecule has 1 saturated heterocycles. The molecule has 1 aliphatic rings. The van der Waals surface area contributed by atoms with E-state index < -0.39 is 0 Å². The fourth-order valence-corrected chi connectivity index (χ4v) is 4.65. The van der Waals surface area contributed by atoms with Crippen molar-refractivity contribution in [2.75, 3.05) is 23.3 Å². The molecule has 9 nitrogen and oxygen atoms in total. The van der Waals surface area contributed by atoms with E-state index in [1.165, 1.54) is 19.3 Å². The number of hydrogen-bond donors (Lipinski definition) is 3. The number of H-pyrrole nitrogens is 2. The van der Waals surface area contributed by atoms with Crippen molar-refractivity contribution in [3.8, 4) is 22.6 Å². The summed E-state index contributed by atoms with van der Waals surface area (Å²) in [5.74, 6) is 0.732. The van der Waals surface area contributed by atoms with Gasteiger partial charge in [0.2, 0.25) is 0 Å². The third kappa shape index (κ3) is 3.72. The second-order valence-corrected chi connectivity index (χ2v) is 9.14. The first-order valence-electron chi connectivity index (χ1n) is 11.8. The highest BCUT2D eigenvalue weighted by Crippen LogP contribution is 2.32. The summed E-state index contributed by atoms with van der Waals surface area (Å²) >= 11 is 0. The number of piperidine rings is 1. The van der Waals surface area contributed by atoms with Gasteiger partial charge in [-0.15, -0.1) is 0 Å². The molecule has 0 spiro atoms. The second-order valence-electron chi connectivity index (χ2n) is 9.14. The van der Waals surface area contributed by atoms with Crippen LogP contribution in [0.5, 0.6) is 0 Å². The minimum Gasteiger partial charge on any atom is -0.382 e. The topological polar surface area (TPSA) is 111 Å². The Hall–Kier alpha value is -4.01. The molecule has 5 aromatic rings. The SMILES string of the molecule is CC(C)Nc1cncc(-c2cnc3n[nH]c(-c4nc5c(N6CCCCC6)cncc5[nH]4)c3c2)c1. The van der Waals surface area contributed by atoms with Gasteiger partial charge in [0.05, 0.1) is 34.7 Å². The Kier molecular flexibility index (Phi) is 5.09. The van der Waals surface area contributed by atoms with Crippen molar-refractivity contribution in [2.24, 2.45) is 0 Å². The first kappa shape index (κ1) is 20.6. The van der Waals surface area contributed by atoms with Gasteiger partial charge in [-0.05, 0) is 45.2 Å². The van der Waals surface area contributed by atoms with E-state index in [4.69, 9.17) is 4.98 Å². The van der Waals surface area contributed by atoms with Crippen LogP contribution in [0.25, 0.3) is 44.7 Å². The zero-order valence-electron chi connectivity index (χ0n) is 19.3. The van der Waals surface area contributed by atoms with Crippen LogP contribution in [0.4, 0.5) is 11.4 Å². The van der Waals surface area contributed by atoms with E-state index in [0.717, 1.165) is 63.5 Å². The van der Waals surface area contributed by atoms with Gasteiger partial charge >= 0.3 is 0 Å². The van der Waals surface area contributed by atoms with Gasteiger partial charge in [0.1, 0.15) is 11.2 Å².